The predicted octanol–water partition coefficient (Wildman–Crippen LogP) is 4.31. The van der Waals surface area contributed by atoms with E-state index in [1.165, 1.54) is 5.38 Å². The third-order valence-electron chi connectivity index (χ3n) is 4.81. The molecule has 176 valence electrons. The van der Waals surface area contributed by atoms with E-state index in [0.29, 0.717) is 22.0 Å². The van der Waals surface area contributed by atoms with Crippen molar-refractivity contribution in [1.29, 1.82) is 0 Å². The summed E-state index contributed by atoms with van der Waals surface area (Å²) >= 11 is 0.687. The highest BCUT2D eigenvalue weighted by Gasteiger charge is 2.34. The molecule has 2 N–H and O–H groups in total. The molecular weight excluding hydrogens is 487 g/mol. The number of alkyl halides is 3. The van der Waals surface area contributed by atoms with Crippen LogP contribution in [0.3, 0.4) is 0 Å². The number of ether oxygens (including phenoxy) is 1. The van der Waals surface area contributed by atoms with Gasteiger partial charge in [-0.1, -0.05) is 6.07 Å². The molecule has 0 fully saturated rings. The fourth-order valence-electron chi connectivity index (χ4n) is 3.29. The lowest BCUT2D eigenvalue weighted by molar-refractivity contribution is -0.138. The molecule has 7 nitrogen and oxygen atoms in total. The van der Waals surface area contributed by atoms with Crippen LogP contribution in [0.4, 0.5) is 22.0 Å². The molecule has 4 aromatic rings. The van der Waals surface area contributed by atoms with Crippen molar-refractivity contribution in [2.45, 2.75) is 12.8 Å². The number of fused-ring (bicyclic) bond motifs is 1. The van der Waals surface area contributed by atoms with Crippen LogP contribution in [0.15, 0.2) is 51.4 Å². The van der Waals surface area contributed by atoms with Crippen LogP contribution in [0.2, 0.25) is 0 Å². The van der Waals surface area contributed by atoms with Gasteiger partial charge in [0.15, 0.2) is 0 Å². The Bertz CT molecular complexity index is 1550. The van der Waals surface area contributed by atoms with Crippen molar-refractivity contribution < 1.29 is 36.6 Å². The lowest BCUT2D eigenvalue weighted by Crippen LogP contribution is -2.34. The maximum Gasteiger partial charge on any atom is 0.416 e. The van der Waals surface area contributed by atoms with Crippen LogP contribution in [0.25, 0.3) is 16.6 Å². The Hall–Kier alpha value is -4.00. The molecule has 0 spiro atoms. The first-order chi connectivity index (χ1) is 16.0. The van der Waals surface area contributed by atoms with Crippen molar-refractivity contribution in [1.82, 2.24) is 9.55 Å². The van der Waals surface area contributed by atoms with Crippen LogP contribution < -0.4 is 16.0 Å². The minimum absolute atomic E-state index is 0.0549. The summed E-state index contributed by atoms with van der Waals surface area (Å²) in [6.45, 7) is -0.884. The SMILES string of the molecule is O=C(O)c1scc2[nH]c(=O)n(-c3cc(OCc4c(F)cccc4C(F)(F)F)ccc3F)c(=O)c12. The van der Waals surface area contributed by atoms with Crippen LogP contribution in [0, 0.1) is 11.6 Å². The maximum absolute atomic E-state index is 14.6. The molecule has 13 heteroatoms. The van der Waals surface area contributed by atoms with E-state index in [4.69, 9.17) is 4.74 Å². The lowest BCUT2D eigenvalue weighted by atomic mass is 10.1. The first-order valence-electron chi connectivity index (χ1n) is 9.26. The lowest BCUT2D eigenvalue weighted by Gasteiger charge is -2.15. The normalized spacial score (nSPS) is 11.7. The van der Waals surface area contributed by atoms with Crippen LogP contribution in [0.1, 0.15) is 20.8 Å². The monoisotopic (exact) mass is 498 g/mol. The number of aromatic nitrogens is 2. The molecule has 0 aliphatic heterocycles. The van der Waals surface area contributed by atoms with Crippen LogP contribution >= 0.6 is 11.3 Å². The quantitative estimate of drug-likeness (QED) is 0.400. The zero-order valence-corrected chi connectivity index (χ0v) is 17.4. The number of carbonyl (C=O) groups is 1. The molecule has 2 aromatic carbocycles. The number of nitrogens with one attached hydrogen (secondary N) is 1. The van der Waals surface area contributed by atoms with Gasteiger partial charge >= 0.3 is 17.8 Å². The number of thiophene rings is 1. The van der Waals surface area contributed by atoms with E-state index in [9.17, 15) is 41.4 Å². The number of aromatic amines is 1. The second-order valence-corrected chi connectivity index (χ2v) is 7.77. The van der Waals surface area contributed by atoms with Crippen molar-refractivity contribution >= 4 is 28.2 Å². The molecule has 0 radical (unpaired) electrons. The number of carboxylic acid groups (broad SMARTS) is 1. The standard InChI is InChI=1S/C21H11F5N2O5S/c22-12-3-1-2-11(21(24,25)26)10(12)7-33-9-4-5-13(23)15(6-9)28-18(29)16-14(27-20(28)32)8-34-17(16)19(30)31/h1-6,8H,7H2,(H,27,32)(H,30,31). The minimum Gasteiger partial charge on any atom is -0.489 e. The van der Waals surface area contributed by atoms with E-state index < -0.39 is 58.5 Å². The van der Waals surface area contributed by atoms with E-state index in [1.54, 1.807) is 0 Å². The fraction of sp³-hybridized carbons (Fsp3) is 0.0952. The van der Waals surface area contributed by atoms with Gasteiger partial charge in [-0.15, -0.1) is 11.3 Å². The van der Waals surface area contributed by atoms with Gasteiger partial charge in [0, 0.05) is 17.0 Å². The van der Waals surface area contributed by atoms with Crippen molar-refractivity contribution in [3.63, 3.8) is 0 Å². The number of hydrogen-bond acceptors (Lipinski definition) is 5. The number of H-pyrrole nitrogens is 1. The second-order valence-electron chi connectivity index (χ2n) is 6.89. The molecule has 4 rings (SSSR count). The highest BCUT2D eigenvalue weighted by Crippen LogP contribution is 2.34. The Labute approximate surface area is 189 Å². The molecule has 0 unspecified atom stereocenters. The molecule has 0 aliphatic carbocycles. The molecule has 0 bridgehead atoms. The van der Waals surface area contributed by atoms with Gasteiger partial charge in [-0.2, -0.15) is 13.2 Å². The summed E-state index contributed by atoms with van der Waals surface area (Å²) in [6, 6.07) is 5.05. The number of hydrogen-bond donors (Lipinski definition) is 2. The highest BCUT2D eigenvalue weighted by atomic mass is 32.1. The van der Waals surface area contributed by atoms with E-state index in [2.05, 4.69) is 4.98 Å². The first-order valence-corrected chi connectivity index (χ1v) is 10.1. The molecule has 0 atom stereocenters. The Morgan fingerprint density at radius 2 is 1.85 bits per heavy atom. The summed E-state index contributed by atoms with van der Waals surface area (Å²) in [5.74, 6) is -3.95. The molecule has 2 aromatic heterocycles. The maximum atomic E-state index is 14.6. The van der Waals surface area contributed by atoms with Gasteiger partial charge in [0.1, 0.15) is 28.9 Å². The van der Waals surface area contributed by atoms with Gasteiger partial charge in [-0.05, 0) is 24.3 Å². The van der Waals surface area contributed by atoms with Crippen LogP contribution in [-0.2, 0) is 12.8 Å². The molecule has 0 amide bonds. The number of rotatable bonds is 5. The average molecular weight is 498 g/mol. The molecule has 0 aliphatic rings. The number of benzene rings is 2. The van der Waals surface area contributed by atoms with Crippen LogP contribution in [0.5, 0.6) is 5.75 Å². The number of aromatic carboxylic acids is 1. The topological polar surface area (TPSA) is 101 Å². The van der Waals surface area contributed by atoms with E-state index in [1.807, 2.05) is 0 Å². The highest BCUT2D eigenvalue weighted by molar-refractivity contribution is 7.13. The van der Waals surface area contributed by atoms with Crippen molar-refractivity contribution in [2.24, 2.45) is 0 Å². The van der Waals surface area contributed by atoms with E-state index in [0.717, 1.165) is 30.3 Å². The fourth-order valence-corrected chi connectivity index (χ4v) is 4.12. The third kappa shape index (κ3) is 4.05. The van der Waals surface area contributed by atoms with Crippen molar-refractivity contribution in [2.75, 3.05) is 0 Å². The zero-order valence-electron chi connectivity index (χ0n) is 16.6. The summed E-state index contributed by atoms with van der Waals surface area (Å²) < 4.78 is 73.7. The van der Waals surface area contributed by atoms with Gasteiger partial charge < -0.3 is 14.8 Å². The summed E-state index contributed by atoms with van der Waals surface area (Å²) in [5.41, 5.74) is -4.95. The molecule has 0 saturated carbocycles. The minimum atomic E-state index is -4.85. The second kappa shape index (κ2) is 8.41. The number of halogens is 5. The number of nitrogens with zero attached hydrogens (tertiary/aromatic N) is 1. The summed E-state index contributed by atoms with van der Waals surface area (Å²) in [6.07, 6.45) is -4.85. The summed E-state index contributed by atoms with van der Waals surface area (Å²) in [7, 11) is 0. The Balaban J connectivity index is 1.78. The smallest absolute Gasteiger partial charge is 0.416 e. The van der Waals surface area contributed by atoms with Gasteiger partial charge in [0.05, 0.1) is 22.2 Å². The Morgan fingerprint density at radius 1 is 1.12 bits per heavy atom. The largest absolute Gasteiger partial charge is 0.489 e. The molecule has 2 heterocycles. The Kier molecular flexibility index (Phi) is 5.73. The van der Waals surface area contributed by atoms with E-state index in [-0.39, 0.29) is 21.5 Å². The van der Waals surface area contributed by atoms with Crippen molar-refractivity contribution in [3.8, 4) is 11.4 Å². The first kappa shape index (κ1) is 23.2. The molecule has 34 heavy (non-hydrogen) atoms. The zero-order chi connectivity index (χ0) is 24.8. The molecule has 0 saturated heterocycles. The van der Waals surface area contributed by atoms with Gasteiger partial charge in [-0.3, -0.25) is 4.79 Å². The predicted molar refractivity (Wildman–Crippen MR) is 111 cm³/mol. The summed E-state index contributed by atoms with van der Waals surface area (Å²) in [4.78, 5) is 38.6. The van der Waals surface area contributed by atoms with Crippen molar-refractivity contribution in [3.05, 3.63) is 90.3 Å². The summed E-state index contributed by atoms with van der Waals surface area (Å²) in [5, 5.41) is 10.2. The van der Waals surface area contributed by atoms with Crippen LogP contribution in [-0.4, -0.2) is 20.6 Å². The van der Waals surface area contributed by atoms with Gasteiger partial charge in [-0.25, -0.2) is 22.9 Å². The van der Waals surface area contributed by atoms with E-state index >= 15 is 0 Å². The Morgan fingerprint density at radius 3 is 2.53 bits per heavy atom. The van der Waals surface area contributed by atoms with Gasteiger partial charge in [0.25, 0.3) is 5.56 Å². The average Bonchev–Trinajstić information content (AvgIpc) is 3.18. The van der Waals surface area contributed by atoms with Gasteiger partial charge in [0.2, 0.25) is 0 Å². The third-order valence-corrected chi connectivity index (χ3v) is 5.78. The molecular formula is C21H11F5N2O5S. The number of carboxylic acids is 1.